The molecule has 2 nitrogen and oxygen atoms in total. The summed E-state index contributed by atoms with van der Waals surface area (Å²) in [4.78, 5) is 11.3. The highest BCUT2D eigenvalue weighted by Crippen LogP contribution is 2.42. The van der Waals surface area contributed by atoms with E-state index in [0.29, 0.717) is 12.3 Å². The number of aryl methyl sites for hydroxylation is 1. The molecule has 1 heterocycles. The third kappa shape index (κ3) is 1.44. The van der Waals surface area contributed by atoms with Crippen molar-refractivity contribution in [3.05, 3.63) is 35.4 Å². The van der Waals surface area contributed by atoms with Gasteiger partial charge in [0.2, 0.25) is 0 Å². The minimum atomic E-state index is -0.0343. The first-order chi connectivity index (χ1) is 7.34. The minimum absolute atomic E-state index is 0.0343. The van der Waals surface area contributed by atoms with Crippen LogP contribution in [0.3, 0.4) is 0 Å². The summed E-state index contributed by atoms with van der Waals surface area (Å²) in [5.74, 6) is 0.519. The van der Waals surface area contributed by atoms with E-state index in [9.17, 15) is 4.79 Å². The van der Waals surface area contributed by atoms with Crippen LogP contribution in [-0.2, 0) is 16.0 Å². The minimum Gasteiger partial charge on any atom is -0.457 e. The summed E-state index contributed by atoms with van der Waals surface area (Å²) >= 11 is 0. The lowest BCUT2D eigenvalue weighted by Crippen LogP contribution is -2.30. The molecule has 1 saturated heterocycles. The van der Waals surface area contributed by atoms with Gasteiger partial charge in [-0.05, 0) is 30.4 Å². The van der Waals surface area contributed by atoms with Crippen molar-refractivity contribution < 1.29 is 9.53 Å². The van der Waals surface area contributed by atoms with E-state index < -0.39 is 0 Å². The van der Waals surface area contributed by atoms with E-state index in [1.165, 1.54) is 11.1 Å². The Bertz CT molecular complexity index is 397. The summed E-state index contributed by atoms with van der Waals surface area (Å²) in [7, 11) is 0. The zero-order valence-corrected chi connectivity index (χ0v) is 8.61. The van der Waals surface area contributed by atoms with Crippen molar-refractivity contribution in [3.8, 4) is 0 Å². The molecule has 1 aromatic carbocycles. The van der Waals surface area contributed by atoms with E-state index in [1.807, 2.05) is 6.07 Å². The van der Waals surface area contributed by atoms with Crippen LogP contribution in [0.1, 0.15) is 36.5 Å². The first kappa shape index (κ1) is 8.96. The number of esters is 1. The fourth-order valence-electron chi connectivity index (χ4n) is 2.74. The van der Waals surface area contributed by atoms with Gasteiger partial charge in [0, 0.05) is 12.3 Å². The molecule has 1 aliphatic carbocycles. The molecule has 1 aliphatic heterocycles. The quantitative estimate of drug-likeness (QED) is 0.604. The summed E-state index contributed by atoms with van der Waals surface area (Å²) in [6, 6.07) is 8.34. The summed E-state index contributed by atoms with van der Waals surface area (Å²) < 4.78 is 5.48. The summed E-state index contributed by atoms with van der Waals surface area (Å²) in [6.07, 6.45) is 3.93. The summed E-state index contributed by atoms with van der Waals surface area (Å²) in [5, 5.41) is 0. The lowest BCUT2D eigenvalue weighted by Gasteiger charge is -2.36. The second kappa shape index (κ2) is 3.37. The van der Waals surface area contributed by atoms with Crippen LogP contribution in [-0.4, -0.2) is 5.97 Å². The van der Waals surface area contributed by atoms with Crippen molar-refractivity contribution in [3.63, 3.8) is 0 Å². The van der Waals surface area contributed by atoms with Gasteiger partial charge >= 0.3 is 5.97 Å². The Hall–Kier alpha value is -1.31. The molecule has 15 heavy (non-hydrogen) atoms. The molecule has 3 rings (SSSR count). The highest BCUT2D eigenvalue weighted by atomic mass is 16.5. The Labute approximate surface area is 89.2 Å². The van der Waals surface area contributed by atoms with Crippen LogP contribution >= 0.6 is 0 Å². The first-order valence-corrected chi connectivity index (χ1v) is 5.62. The van der Waals surface area contributed by atoms with E-state index in [1.54, 1.807) is 0 Å². The topological polar surface area (TPSA) is 26.3 Å². The van der Waals surface area contributed by atoms with E-state index in [-0.39, 0.29) is 12.1 Å². The standard InChI is InChI=1S/C13H14O2/c14-12-8-7-10-6-5-9-3-1-2-4-11(9)13(10)15-12/h1-4,10,13H,5-8H2/t10-,13+/m0/s1. The van der Waals surface area contributed by atoms with Crippen molar-refractivity contribution in [1.29, 1.82) is 0 Å². The zero-order chi connectivity index (χ0) is 10.3. The molecule has 0 amide bonds. The molecule has 1 fully saturated rings. The largest absolute Gasteiger partial charge is 0.457 e. The summed E-state index contributed by atoms with van der Waals surface area (Å²) in [6.45, 7) is 0. The van der Waals surface area contributed by atoms with Crippen molar-refractivity contribution in [1.82, 2.24) is 0 Å². The van der Waals surface area contributed by atoms with Crippen LogP contribution in [0.2, 0.25) is 0 Å². The predicted molar refractivity (Wildman–Crippen MR) is 56.3 cm³/mol. The van der Waals surface area contributed by atoms with Crippen LogP contribution in [0.25, 0.3) is 0 Å². The number of hydrogen-bond donors (Lipinski definition) is 0. The van der Waals surface area contributed by atoms with Gasteiger partial charge in [0.15, 0.2) is 0 Å². The zero-order valence-electron chi connectivity index (χ0n) is 8.61. The van der Waals surface area contributed by atoms with E-state index in [4.69, 9.17) is 4.74 Å². The number of carbonyl (C=O) groups is 1. The van der Waals surface area contributed by atoms with Crippen molar-refractivity contribution in [2.24, 2.45) is 5.92 Å². The average molecular weight is 202 g/mol. The highest BCUT2D eigenvalue weighted by molar-refractivity contribution is 5.70. The van der Waals surface area contributed by atoms with Crippen LogP contribution < -0.4 is 0 Å². The molecular weight excluding hydrogens is 188 g/mol. The maximum absolute atomic E-state index is 11.3. The third-order valence-electron chi connectivity index (χ3n) is 3.55. The van der Waals surface area contributed by atoms with Crippen molar-refractivity contribution in [2.45, 2.75) is 31.8 Å². The maximum atomic E-state index is 11.3. The fourth-order valence-corrected chi connectivity index (χ4v) is 2.74. The Balaban J connectivity index is 2.00. The van der Waals surface area contributed by atoms with Gasteiger partial charge in [0.25, 0.3) is 0 Å². The van der Waals surface area contributed by atoms with Gasteiger partial charge in [0.05, 0.1) is 0 Å². The van der Waals surface area contributed by atoms with Gasteiger partial charge in [-0.25, -0.2) is 0 Å². The van der Waals surface area contributed by atoms with E-state index in [2.05, 4.69) is 18.2 Å². The number of fused-ring (bicyclic) bond motifs is 3. The molecule has 0 unspecified atom stereocenters. The molecular formula is C13H14O2. The third-order valence-corrected chi connectivity index (χ3v) is 3.55. The molecule has 2 aliphatic rings. The lowest BCUT2D eigenvalue weighted by atomic mass is 9.78. The molecule has 0 bridgehead atoms. The Morgan fingerprint density at radius 1 is 1.13 bits per heavy atom. The normalized spacial score (nSPS) is 28.9. The molecule has 0 saturated carbocycles. The smallest absolute Gasteiger partial charge is 0.306 e. The van der Waals surface area contributed by atoms with E-state index in [0.717, 1.165) is 19.3 Å². The molecule has 1 aromatic rings. The van der Waals surface area contributed by atoms with Crippen LogP contribution in [0.5, 0.6) is 0 Å². The molecule has 0 N–H and O–H groups in total. The van der Waals surface area contributed by atoms with Crippen LogP contribution in [0.15, 0.2) is 24.3 Å². The molecule has 78 valence electrons. The highest BCUT2D eigenvalue weighted by Gasteiger charge is 2.35. The predicted octanol–water partition coefficient (Wildman–Crippen LogP) is 2.63. The monoisotopic (exact) mass is 202 g/mol. The van der Waals surface area contributed by atoms with Crippen molar-refractivity contribution >= 4 is 5.97 Å². The van der Waals surface area contributed by atoms with Crippen LogP contribution in [0, 0.1) is 5.92 Å². The second-order valence-corrected chi connectivity index (χ2v) is 4.45. The van der Waals surface area contributed by atoms with Gasteiger partial charge in [0.1, 0.15) is 6.10 Å². The summed E-state index contributed by atoms with van der Waals surface area (Å²) in [5.41, 5.74) is 2.59. The van der Waals surface area contributed by atoms with Gasteiger partial charge in [-0.15, -0.1) is 0 Å². The van der Waals surface area contributed by atoms with E-state index >= 15 is 0 Å². The SMILES string of the molecule is O=C1CC[C@@H]2CCc3ccccc3[C@@H]2O1. The number of hydrogen-bond acceptors (Lipinski definition) is 2. The average Bonchev–Trinajstić information content (AvgIpc) is 2.29. The number of carbonyl (C=O) groups excluding carboxylic acids is 1. The van der Waals surface area contributed by atoms with Crippen LogP contribution in [0.4, 0.5) is 0 Å². The lowest BCUT2D eigenvalue weighted by molar-refractivity contribution is -0.159. The fraction of sp³-hybridized carbons (Fsp3) is 0.462. The number of ether oxygens (including phenoxy) is 1. The molecule has 0 spiro atoms. The Morgan fingerprint density at radius 3 is 2.87 bits per heavy atom. The molecule has 0 aromatic heterocycles. The van der Waals surface area contributed by atoms with Gasteiger partial charge in [-0.3, -0.25) is 4.79 Å². The maximum Gasteiger partial charge on any atom is 0.306 e. The second-order valence-electron chi connectivity index (χ2n) is 4.45. The van der Waals surface area contributed by atoms with Gasteiger partial charge in [-0.2, -0.15) is 0 Å². The molecule has 0 radical (unpaired) electrons. The molecule has 2 atom stereocenters. The Morgan fingerprint density at radius 2 is 1.93 bits per heavy atom. The Kier molecular flexibility index (Phi) is 2.01. The van der Waals surface area contributed by atoms with Gasteiger partial charge in [-0.1, -0.05) is 24.3 Å². The first-order valence-electron chi connectivity index (χ1n) is 5.62. The molecule has 2 heteroatoms. The number of rotatable bonds is 0. The number of benzene rings is 1. The van der Waals surface area contributed by atoms with Crippen molar-refractivity contribution in [2.75, 3.05) is 0 Å². The van der Waals surface area contributed by atoms with Gasteiger partial charge < -0.3 is 4.74 Å².